The molecule has 12 heteroatoms. The molecule has 24 heavy (non-hydrogen) atoms. The molecule has 0 radical (unpaired) electrons. The van der Waals surface area contributed by atoms with E-state index < -0.39 is 44.7 Å². The van der Waals surface area contributed by atoms with E-state index in [0.29, 0.717) is 11.0 Å². The van der Waals surface area contributed by atoms with Crippen LogP contribution in [0.4, 0.5) is 0 Å². The fraction of sp³-hybridized carbons (Fsp3) is 0.500. The van der Waals surface area contributed by atoms with Gasteiger partial charge in [0.05, 0.1) is 6.61 Å². The Balaban J connectivity index is 1.88. The van der Waals surface area contributed by atoms with Crippen molar-refractivity contribution < 1.29 is 33.8 Å². The number of nitrogens with zero attached hydrogens (tertiary/aromatic N) is 2. The van der Waals surface area contributed by atoms with E-state index >= 15 is 0 Å². The number of hydrogen-bond acceptors (Lipinski definition) is 7. The van der Waals surface area contributed by atoms with Gasteiger partial charge in [0.2, 0.25) is 0 Å². The summed E-state index contributed by atoms with van der Waals surface area (Å²) in [5, 5.41) is 20.6. The third kappa shape index (κ3) is 3.28. The predicted octanol–water partition coefficient (Wildman–Crippen LogP) is -1.24. The average Bonchev–Trinajstić information content (AvgIpc) is 2.96. The van der Waals surface area contributed by atoms with Crippen molar-refractivity contribution in [3.05, 3.63) is 28.4 Å². The molecule has 2 aromatic rings. The van der Waals surface area contributed by atoms with E-state index in [4.69, 9.17) is 14.5 Å². The molecule has 0 aliphatic carbocycles. The molecule has 1 fully saturated rings. The highest BCUT2D eigenvalue weighted by atomic mass is 31.2. The van der Waals surface area contributed by atoms with Gasteiger partial charge in [-0.2, -0.15) is 4.98 Å². The topological polar surface area (TPSA) is 167 Å². The number of fused-ring (bicyclic) bond motifs is 1. The predicted molar refractivity (Wildman–Crippen MR) is 79.0 cm³/mol. The lowest BCUT2D eigenvalue weighted by molar-refractivity contribution is -0.0540. The zero-order valence-corrected chi connectivity index (χ0v) is 13.3. The van der Waals surface area contributed by atoms with Crippen LogP contribution >= 0.6 is 7.82 Å². The van der Waals surface area contributed by atoms with Crippen molar-refractivity contribution in [2.45, 2.75) is 31.5 Å². The van der Waals surface area contributed by atoms with Crippen LogP contribution in [0, 0.1) is 6.92 Å². The molecule has 0 bridgehead atoms. The molecule has 5 N–H and O–H groups in total. The molecule has 1 saturated heterocycles. The van der Waals surface area contributed by atoms with Gasteiger partial charge in [0.15, 0.2) is 6.23 Å². The Kier molecular flexibility index (Phi) is 4.34. The van der Waals surface area contributed by atoms with E-state index in [1.807, 2.05) is 0 Å². The number of hydrogen-bond donors (Lipinski definition) is 5. The van der Waals surface area contributed by atoms with E-state index in [0.717, 1.165) is 10.3 Å². The standard InChI is InChI=1S/C12H16N3O8P/c1-5-2-6-3-15(12(18)14-10(6)13-5)11-9(17)8(16)7(23-11)4-22-24(19,20)21/h2-3,7-9,11,16-17H,4H2,1H3,(H,13,14,18)(H2,19,20,21). The number of nitrogens with one attached hydrogen (secondary N) is 1. The van der Waals surface area contributed by atoms with Crippen molar-refractivity contribution in [3.63, 3.8) is 0 Å². The molecule has 0 saturated carbocycles. The highest BCUT2D eigenvalue weighted by Crippen LogP contribution is 2.38. The normalized spacial score (nSPS) is 27.9. The molecule has 0 spiro atoms. The first kappa shape index (κ1) is 17.2. The maximum atomic E-state index is 12.1. The highest BCUT2D eigenvalue weighted by molar-refractivity contribution is 7.46. The molecular formula is C12H16N3O8P. The van der Waals surface area contributed by atoms with Gasteiger partial charge in [-0.1, -0.05) is 0 Å². The van der Waals surface area contributed by atoms with Crippen molar-refractivity contribution in [1.82, 2.24) is 14.5 Å². The number of phosphoric acid groups is 1. The molecule has 1 aliphatic rings. The van der Waals surface area contributed by atoms with E-state index in [1.54, 1.807) is 13.0 Å². The third-order valence-corrected chi connectivity index (χ3v) is 4.17. The van der Waals surface area contributed by atoms with Crippen molar-refractivity contribution in [2.75, 3.05) is 6.61 Å². The molecule has 0 aromatic carbocycles. The van der Waals surface area contributed by atoms with Crippen molar-refractivity contribution in [1.29, 1.82) is 0 Å². The molecular weight excluding hydrogens is 345 g/mol. The summed E-state index contributed by atoms with van der Waals surface area (Å²) >= 11 is 0. The summed E-state index contributed by atoms with van der Waals surface area (Å²) in [4.78, 5) is 36.2. The van der Waals surface area contributed by atoms with Gasteiger partial charge in [0.25, 0.3) is 0 Å². The average molecular weight is 361 g/mol. The molecule has 11 nitrogen and oxygen atoms in total. The van der Waals surface area contributed by atoms with Crippen LogP contribution in [0.15, 0.2) is 17.1 Å². The van der Waals surface area contributed by atoms with Gasteiger partial charge in [-0.05, 0) is 13.0 Å². The van der Waals surface area contributed by atoms with Gasteiger partial charge < -0.3 is 29.7 Å². The first-order chi connectivity index (χ1) is 11.2. The van der Waals surface area contributed by atoms with Crippen molar-refractivity contribution in [3.8, 4) is 0 Å². The summed E-state index contributed by atoms with van der Waals surface area (Å²) in [6, 6.07) is 1.74. The number of aryl methyl sites for hydroxylation is 1. The van der Waals surface area contributed by atoms with Crippen LogP contribution < -0.4 is 5.69 Å². The molecule has 4 atom stereocenters. The van der Waals surface area contributed by atoms with E-state index in [1.165, 1.54) is 6.20 Å². The molecule has 3 heterocycles. The minimum atomic E-state index is -4.75. The fourth-order valence-electron chi connectivity index (χ4n) is 2.60. The number of aromatic amines is 1. The van der Waals surface area contributed by atoms with E-state index in [2.05, 4.69) is 14.5 Å². The molecule has 0 amide bonds. The summed E-state index contributed by atoms with van der Waals surface area (Å²) in [5.74, 6) is 0. The van der Waals surface area contributed by atoms with Gasteiger partial charge >= 0.3 is 13.5 Å². The van der Waals surface area contributed by atoms with E-state index in [-0.39, 0.29) is 0 Å². The monoisotopic (exact) mass is 361 g/mol. The Bertz CT molecular complexity index is 858. The second kappa shape index (κ2) is 6.05. The third-order valence-electron chi connectivity index (χ3n) is 3.69. The van der Waals surface area contributed by atoms with Gasteiger partial charge in [0, 0.05) is 17.3 Å². The van der Waals surface area contributed by atoms with E-state index in [9.17, 15) is 19.6 Å². The minimum absolute atomic E-state index is 0.378. The maximum Gasteiger partial charge on any atom is 0.469 e. The Hall–Kier alpha value is -1.59. The number of aliphatic hydroxyl groups is 2. The summed E-state index contributed by atoms with van der Waals surface area (Å²) in [7, 11) is -4.75. The number of rotatable bonds is 4. The van der Waals surface area contributed by atoms with Crippen molar-refractivity contribution >= 4 is 18.9 Å². The maximum absolute atomic E-state index is 12.1. The largest absolute Gasteiger partial charge is 0.469 e. The summed E-state index contributed by atoms with van der Waals surface area (Å²) < 4.78 is 21.4. The molecule has 1 aliphatic heterocycles. The number of ether oxygens (including phenoxy) is 1. The quantitative estimate of drug-likeness (QED) is 0.418. The number of aliphatic hydroxyl groups excluding tert-OH is 2. The van der Waals surface area contributed by atoms with Crippen molar-refractivity contribution in [2.24, 2.45) is 0 Å². The van der Waals surface area contributed by atoms with Gasteiger partial charge in [-0.3, -0.25) is 9.09 Å². The Labute approximate surface area is 134 Å². The Morgan fingerprint density at radius 3 is 2.79 bits per heavy atom. The van der Waals surface area contributed by atoms with Gasteiger partial charge in [0.1, 0.15) is 24.0 Å². The zero-order valence-electron chi connectivity index (χ0n) is 12.4. The number of phosphoric ester groups is 1. The van der Waals surface area contributed by atoms with Crippen LogP contribution in [0.2, 0.25) is 0 Å². The lowest BCUT2D eigenvalue weighted by Crippen LogP contribution is -2.36. The Morgan fingerprint density at radius 1 is 1.42 bits per heavy atom. The lowest BCUT2D eigenvalue weighted by atomic mass is 10.1. The number of aromatic nitrogens is 3. The van der Waals surface area contributed by atoms with Crippen LogP contribution in [-0.2, 0) is 13.8 Å². The van der Waals surface area contributed by atoms with Crippen LogP contribution in [0.5, 0.6) is 0 Å². The first-order valence-electron chi connectivity index (χ1n) is 6.96. The molecule has 3 rings (SSSR count). The van der Waals surface area contributed by atoms with Crippen LogP contribution in [-0.4, -0.2) is 59.5 Å². The Morgan fingerprint density at radius 2 is 2.12 bits per heavy atom. The SMILES string of the molecule is Cc1cc2cn(C3OC(COP(=O)(O)O)C(O)C3O)c(=O)nc2[nH]1. The smallest absolute Gasteiger partial charge is 0.387 e. The summed E-state index contributed by atoms with van der Waals surface area (Å²) in [5.41, 5.74) is 0.454. The second-order valence-electron chi connectivity index (χ2n) is 5.52. The first-order valence-corrected chi connectivity index (χ1v) is 8.49. The highest BCUT2D eigenvalue weighted by Gasteiger charge is 2.45. The summed E-state index contributed by atoms with van der Waals surface area (Å²) in [6.45, 7) is 1.14. The molecule has 132 valence electrons. The van der Waals surface area contributed by atoms with Gasteiger partial charge in [-0.15, -0.1) is 0 Å². The fourth-order valence-corrected chi connectivity index (χ4v) is 2.94. The molecule has 2 aromatic heterocycles. The van der Waals surface area contributed by atoms with Gasteiger partial charge in [-0.25, -0.2) is 9.36 Å². The molecule has 4 unspecified atom stereocenters. The van der Waals surface area contributed by atoms with Crippen LogP contribution in [0.3, 0.4) is 0 Å². The lowest BCUT2D eigenvalue weighted by Gasteiger charge is -2.17. The number of H-pyrrole nitrogens is 1. The minimum Gasteiger partial charge on any atom is -0.387 e. The van der Waals surface area contributed by atoms with Crippen LogP contribution in [0.1, 0.15) is 11.9 Å². The van der Waals surface area contributed by atoms with Crippen LogP contribution in [0.25, 0.3) is 11.0 Å². The zero-order chi connectivity index (χ0) is 17.6. The summed E-state index contributed by atoms with van der Waals surface area (Å²) in [6.07, 6.45) is -4.04. The second-order valence-corrected chi connectivity index (χ2v) is 6.76.